The number of halogens is 1. The van der Waals surface area contributed by atoms with Gasteiger partial charge in [0.05, 0.1) is 13.2 Å². The Morgan fingerprint density at radius 1 is 1.03 bits per heavy atom. The molecule has 3 aromatic carbocycles. The standard InChI is InChI=1S/C24H23FO4/c25-19-8-11-22(23(14-19)28-15-17-4-2-1-3-5-17)24(26)18-6-9-20(10-7-18)29-21-12-13-27-16-21/h1-11,14,21,24,26H,12-13,15-16H2. The summed E-state index contributed by atoms with van der Waals surface area (Å²) in [6.45, 7) is 1.61. The van der Waals surface area contributed by atoms with Gasteiger partial charge in [-0.1, -0.05) is 42.5 Å². The van der Waals surface area contributed by atoms with E-state index < -0.39 is 11.9 Å². The molecule has 2 unspecified atom stereocenters. The first-order valence-corrected chi connectivity index (χ1v) is 9.67. The second-order valence-corrected chi connectivity index (χ2v) is 7.03. The lowest BCUT2D eigenvalue weighted by molar-refractivity contribution is 0.141. The van der Waals surface area contributed by atoms with Crippen molar-refractivity contribution in [1.29, 1.82) is 0 Å². The van der Waals surface area contributed by atoms with Crippen LogP contribution in [-0.4, -0.2) is 24.4 Å². The van der Waals surface area contributed by atoms with Gasteiger partial charge in [0.2, 0.25) is 0 Å². The predicted molar refractivity (Wildman–Crippen MR) is 108 cm³/mol. The molecule has 0 saturated carbocycles. The van der Waals surface area contributed by atoms with Gasteiger partial charge in [0, 0.05) is 18.1 Å². The molecule has 2 atom stereocenters. The van der Waals surface area contributed by atoms with E-state index in [9.17, 15) is 9.50 Å². The Balaban J connectivity index is 1.49. The third-order valence-electron chi connectivity index (χ3n) is 4.89. The lowest BCUT2D eigenvalue weighted by atomic mass is 10.0. The molecule has 1 heterocycles. The van der Waals surface area contributed by atoms with Crippen LogP contribution in [0.25, 0.3) is 0 Å². The molecular weight excluding hydrogens is 371 g/mol. The Morgan fingerprint density at radius 3 is 2.55 bits per heavy atom. The van der Waals surface area contributed by atoms with Gasteiger partial charge in [-0.15, -0.1) is 0 Å². The molecule has 1 saturated heterocycles. The summed E-state index contributed by atoms with van der Waals surface area (Å²) in [6, 6.07) is 21.1. The minimum absolute atomic E-state index is 0.0702. The summed E-state index contributed by atoms with van der Waals surface area (Å²) >= 11 is 0. The molecule has 1 N–H and O–H groups in total. The van der Waals surface area contributed by atoms with Crippen molar-refractivity contribution in [1.82, 2.24) is 0 Å². The number of aliphatic hydroxyl groups is 1. The van der Waals surface area contributed by atoms with Crippen molar-refractivity contribution in [3.8, 4) is 11.5 Å². The molecular formula is C24H23FO4. The predicted octanol–water partition coefficient (Wildman–Crippen LogP) is 4.65. The third-order valence-corrected chi connectivity index (χ3v) is 4.89. The summed E-state index contributed by atoms with van der Waals surface area (Å²) in [7, 11) is 0. The minimum Gasteiger partial charge on any atom is -0.488 e. The highest BCUT2D eigenvalue weighted by molar-refractivity contribution is 5.42. The van der Waals surface area contributed by atoms with Gasteiger partial charge in [0.1, 0.15) is 36.1 Å². The second-order valence-electron chi connectivity index (χ2n) is 7.03. The molecule has 0 amide bonds. The fourth-order valence-electron chi connectivity index (χ4n) is 3.30. The Bertz CT molecular complexity index is 921. The van der Waals surface area contributed by atoms with Crippen molar-refractivity contribution in [3.63, 3.8) is 0 Å². The molecule has 1 aliphatic rings. The number of hydrogen-bond donors (Lipinski definition) is 1. The average Bonchev–Trinajstić information content (AvgIpc) is 3.26. The van der Waals surface area contributed by atoms with Crippen LogP contribution in [0.5, 0.6) is 11.5 Å². The molecule has 0 aliphatic carbocycles. The highest BCUT2D eigenvalue weighted by Crippen LogP contribution is 2.32. The summed E-state index contributed by atoms with van der Waals surface area (Å²) in [5.74, 6) is 0.646. The molecule has 1 aliphatic heterocycles. The van der Waals surface area contributed by atoms with Crippen LogP contribution in [0.15, 0.2) is 72.8 Å². The summed E-state index contributed by atoms with van der Waals surface area (Å²) in [4.78, 5) is 0. The number of rotatable bonds is 7. The van der Waals surface area contributed by atoms with Crippen molar-refractivity contribution >= 4 is 0 Å². The summed E-state index contributed by atoms with van der Waals surface area (Å²) in [6.07, 6.45) is 0.00770. The van der Waals surface area contributed by atoms with Crippen LogP contribution >= 0.6 is 0 Å². The first-order chi connectivity index (χ1) is 14.2. The zero-order valence-corrected chi connectivity index (χ0v) is 16.0. The van der Waals surface area contributed by atoms with Crippen molar-refractivity contribution in [2.45, 2.75) is 25.2 Å². The minimum atomic E-state index is -0.940. The molecule has 1 fully saturated rings. The third kappa shape index (κ3) is 4.94. The van der Waals surface area contributed by atoms with Gasteiger partial charge in [0.15, 0.2) is 0 Å². The Labute approximate surface area is 169 Å². The fraction of sp³-hybridized carbons (Fsp3) is 0.250. The summed E-state index contributed by atoms with van der Waals surface area (Å²) in [5.41, 5.74) is 2.16. The van der Waals surface area contributed by atoms with Crippen LogP contribution in [0.3, 0.4) is 0 Å². The van der Waals surface area contributed by atoms with Crippen molar-refractivity contribution in [2.75, 3.05) is 13.2 Å². The SMILES string of the molecule is OC(c1ccc(OC2CCOC2)cc1)c1ccc(F)cc1OCc1ccccc1. The van der Waals surface area contributed by atoms with Crippen molar-refractivity contribution < 1.29 is 23.7 Å². The van der Waals surface area contributed by atoms with Crippen LogP contribution in [-0.2, 0) is 11.3 Å². The van der Waals surface area contributed by atoms with Crippen molar-refractivity contribution in [2.24, 2.45) is 0 Å². The highest BCUT2D eigenvalue weighted by atomic mass is 19.1. The maximum atomic E-state index is 13.8. The fourth-order valence-corrected chi connectivity index (χ4v) is 3.30. The van der Waals surface area contributed by atoms with Gasteiger partial charge in [-0.25, -0.2) is 4.39 Å². The molecule has 0 spiro atoms. The normalized spacial score (nSPS) is 17.1. The van der Waals surface area contributed by atoms with Gasteiger partial charge in [-0.2, -0.15) is 0 Å². The molecule has 0 radical (unpaired) electrons. The largest absolute Gasteiger partial charge is 0.488 e. The van der Waals surface area contributed by atoms with E-state index in [1.54, 1.807) is 18.2 Å². The van der Waals surface area contributed by atoms with E-state index in [0.29, 0.717) is 30.1 Å². The average molecular weight is 394 g/mol. The zero-order chi connectivity index (χ0) is 20.1. The van der Waals surface area contributed by atoms with E-state index in [2.05, 4.69) is 0 Å². The van der Waals surface area contributed by atoms with E-state index in [4.69, 9.17) is 14.2 Å². The summed E-state index contributed by atoms with van der Waals surface area (Å²) in [5, 5.41) is 10.9. The monoisotopic (exact) mass is 394 g/mol. The van der Waals surface area contributed by atoms with E-state index in [1.807, 2.05) is 42.5 Å². The maximum Gasteiger partial charge on any atom is 0.128 e. The van der Waals surface area contributed by atoms with Crippen LogP contribution in [0.2, 0.25) is 0 Å². The summed E-state index contributed by atoms with van der Waals surface area (Å²) < 4.78 is 30.8. The number of ether oxygens (including phenoxy) is 3. The van der Waals surface area contributed by atoms with Crippen LogP contribution in [0.4, 0.5) is 4.39 Å². The van der Waals surface area contributed by atoms with Gasteiger partial charge in [-0.3, -0.25) is 0 Å². The maximum absolute atomic E-state index is 13.8. The highest BCUT2D eigenvalue weighted by Gasteiger charge is 2.19. The van der Waals surface area contributed by atoms with E-state index in [0.717, 1.165) is 24.3 Å². The number of aliphatic hydroxyl groups excluding tert-OH is 1. The second kappa shape index (κ2) is 9.07. The first-order valence-electron chi connectivity index (χ1n) is 9.67. The molecule has 4 nitrogen and oxygen atoms in total. The molecule has 3 aromatic rings. The smallest absolute Gasteiger partial charge is 0.128 e. The van der Waals surface area contributed by atoms with Crippen LogP contribution in [0.1, 0.15) is 29.2 Å². The topological polar surface area (TPSA) is 47.9 Å². The lowest BCUT2D eigenvalue weighted by Crippen LogP contribution is -2.15. The van der Waals surface area contributed by atoms with Gasteiger partial charge in [-0.05, 0) is 35.4 Å². The quantitative estimate of drug-likeness (QED) is 0.634. The Hall–Kier alpha value is -2.89. The van der Waals surface area contributed by atoms with E-state index in [-0.39, 0.29) is 6.10 Å². The van der Waals surface area contributed by atoms with Crippen LogP contribution in [0, 0.1) is 5.82 Å². The van der Waals surface area contributed by atoms with Gasteiger partial charge >= 0.3 is 0 Å². The van der Waals surface area contributed by atoms with Gasteiger partial charge < -0.3 is 19.3 Å². The molecule has 4 rings (SSSR count). The van der Waals surface area contributed by atoms with E-state index in [1.165, 1.54) is 12.1 Å². The zero-order valence-electron chi connectivity index (χ0n) is 16.0. The first kappa shape index (κ1) is 19.4. The molecule has 5 heteroatoms. The van der Waals surface area contributed by atoms with Gasteiger partial charge in [0.25, 0.3) is 0 Å². The van der Waals surface area contributed by atoms with Crippen LogP contribution < -0.4 is 9.47 Å². The number of hydrogen-bond acceptors (Lipinski definition) is 4. The Morgan fingerprint density at radius 2 is 1.83 bits per heavy atom. The molecule has 0 bridgehead atoms. The van der Waals surface area contributed by atoms with E-state index >= 15 is 0 Å². The lowest BCUT2D eigenvalue weighted by Gasteiger charge is -2.18. The molecule has 29 heavy (non-hydrogen) atoms. The molecule has 0 aromatic heterocycles. The number of benzene rings is 3. The Kier molecular flexibility index (Phi) is 6.08. The van der Waals surface area contributed by atoms with Crippen molar-refractivity contribution in [3.05, 3.63) is 95.3 Å². The molecule has 150 valence electrons.